The average Bonchev–Trinajstić information content (AvgIpc) is 2.68. The second-order valence-corrected chi connectivity index (χ2v) is 11.1. The molecule has 1 heterocycles. The van der Waals surface area contributed by atoms with Crippen LogP contribution in [0.15, 0.2) is 58.3 Å². The molecule has 0 bridgehead atoms. The zero-order valence-corrected chi connectivity index (χ0v) is 18.2. The minimum Gasteiger partial charge on any atom is -0.298 e. The fourth-order valence-corrected chi connectivity index (χ4v) is 6.34. The Bertz CT molecular complexity index is 1110. The number of rotatable bonds is 5. The van der Waals surface area contributed by atoms with E-state index in [0.717, 1.165) is 15.4 Å². The van der Waals surface area contributed by atoms with Crippen LogP contribution in [0.25, 0.3) is 0 Å². The van der Waals surface area contributed by atoms with Gasteiger partial charge in [0, 0.05) is 19.6 Å². The van der Waals surface area contributed by atoms with Crippen molar-refractivity contribution in [3.8, 4) is 0 Å². The van der Waals surface area contributed by atoms with E-state index in [1.165, 1.54) is 35.5 Å². The molecule has 0 spiro atoms. The fraction of sp³-hybridized carbons (Fsp3) is 0.350. The number of Topliss-reactive ketones (excluding diaryl/α,β-unsaturated/α-hetero) is 1. The Morgan fingerprint density at radius 1 is 0.793 bits per heavy atom. The Morgan fingerprint density at radius 3 is 1.69 bits per heavy atom. The third-order valence-electron chi connectivity index (χ3n) is 5.05. The molecule has 9 heteroatoms. The van der Waals surface area contributed by atoms with Crippen molar-refractivity contribution in [1.29, 1.82) is 0 Å². The number of nitrogens with zero attached hydrogens (tertiary/aromatic N) is 2. The van der Waals surface area contributed by atoms with E-state index in [-0.39, 0.29) is 29.4 Å². The largest absolute Gasteiger partial charge is 0.298 e. The Kier molecular flexibility index (Phi) is 5.96. The number of sulfonamides is 2. The summed E-state index contributed by atoms with van der Waals surface area (Å²) in [7, 11) is -7.75. The summed E-state index contributed by atoms with van der Waals surface area (Å²) in [5.74, 6) is -0.399. The van der Waals surface area contributed by atoms with E-state index in [9.17, 15) is 21.6 Å². The van der Waals surface area contributed by atoms with Crippen LogP contribution in [0.5, 0.6) is 0 Å². The SMILES string of the molecule is CC(=O)C1CN(S(=O)(=O)c2ccc(C)cc2)CCN1S(=O)(=O)c1ccc(C)cc1. The third kappa shape index (κ3) is 4.28. The first-order chi connectivity index (χ1) is 13.5. The molecule has 1 atom stereocenters. The van der Waals surface area contributed by atoms with Crippen LogP contribution in [0.3, 0.4) is 0 Å². The Morgan fingerprint density at radius 2 is 1.24 bits per heavy atom. The molecule has 7 nitrogen and oxygen atoms in total. The van der Waals surface area contributed by atoms with Crippen molar-refractivity contribution < 1.29 is 21.6 Å². The van der Waals surface area contributed by atoms with Crippen molar-refractivity contribution in [2.45, 2.75) is 36.6 Å². The van der Waals surface area contributed by atoms with Crippen molar-refractivity contribution >= 4 is 25.8 Å². The number of ketones is 1. The highest BCUT2D eigenvalue weighted by Crippen LogP contribution is 2.26. The normalized spacial score (nSPS) is 19.2. The minimum atomic E-state index is -3.92. The van der Waals surface area contributed by atoms with Crippen molar-refractivity contribution in [2.24, 2.45) is 0 Å². The number of hydrogen-bond acceptors (Lipinski definition) is 5. The van der Waals surface area contributed by atoms with Crippen molar-refractivity contribution in [3.63, 3.8) is 0 Å². The van der Waals surface area contributed by atoms with E-state index in [1.807, 2.05) is 13.8 Å². The monoisotopic (exact) mass is 436 g/mol. The summed E-state index contributed by atoms with van der Waals surface area (Å²) in [6.07, 6.45) is 0. The van der Waals surface area contributed by atoms with Crippen LogP contribution >= 0.6 is 0 Å². The summed E-state index contributed by atoms with van der Waals surface area (Å²) in [6, 6.07) is 11.7. The molecule has 156 valence electrons. The van der Waals surface area contributed by atoms with Crippen LogP contribution < -0.4 is 0 Å². The molecule has 1 unspecified atom stereocenters. The standard InChI is InChI=1S/C20H24N2O5S2/c1-15-4-8-18(9-5-15)28(24,25)21-12-13-22(20(14-21)17(3)23)29(26,27)19-10-6-16(2)7-11-19/h4-11,20H,12-14H2,1-3H3. The van der Waals surface area contributed by atoms with Crippen LogP contribution in [-0.2, 0) is 24.8 Å². The lowest BCUT2D eigenvalue weighted by molar-refractivity contribution is -0.121. The molecule has 1 aliphatic rings. The molecule has 0 aliphatic carbocycles. The zero-order chi connectivity index (χ0) is 21.4. The van der Waals surface area contributed by atoms with Crippen LogP contribution in [0.2, 0.25) is 0 Å². The Labute approximate surface area is 172 Å². The van der Waals surface area contributed by atoms with E-state index in [2.05, 4.69) is 0 Å². The van der Waals surface area contributed by atoms with Gasteiger partial charge in [-0.3, -0.25) is 4.79 Å². The van der Waals surface area contributed by atoms with Crippen molar-refractivity contribution in [3.05, 3.63) is 59.7 Å². The minimum absolute atomic E-state index is 0.0227. The van der Waals surface area contributed by atoms with Gasteiger partial charge in [0.15, 0.2) is 0 Å². The molecule has 0 N–H and O–H groups in total. The first kappa shape index (κ1) is 21.6. The van der Waals surface area contributed by atoms with Gasteiger partial charge in [-0.05, 0) is 45.0 Å². The summed E-state index contributed by atoms with van der Waals surface area (Å²) in [6.45, 7) is 4.66. The molecule has 3 rings (SSSR count). The first-order valence-electron chi connectivity index (χ1n) is 9.19. The van der Waals surface area contributed by atoms with Gasteiger partial charge in [0.2, 0.25) is 20.0 Å². The smallest absolute Gasteiger partial charge is 0.243 e. The quantitative estimate of drug-likeness (QED) is 0.714. The summed E-state index contributed by atoms with van der Waals surface area (Å²) in [5.41, 5.74) is 1.85. The predicted molar refractivity (Wildman–Crippen MR) is 109 cm³/mol. The van der Waals surface area contributed by atoms with E-state index >= 15 is 0 Å². The maximum absolute atomic E-state index is 13.1. The first-order valence-corrected chi connectivity index (χ1v) is 12.1. The molecule has 29 heavy (non-hydrogen) atoms. The van der Waals surface area contributed by atoms with E-state index in [1.54, 1.807) is 24.3 Å². The molecule has 0 radical (unpaired) electrons. The highest BCUT2D eigenvalue weighted by Gasteiger charge is 2.42. The second-order valence-electron chi connectivity index (χ2n) is 7.23. The summed E-state index contributed by atoms with van der Waals surface area (Å²) in [5, 5.41) is 0. The lowest BCUT2D eigenvalue weighted by Gasteiger charge is -2.38. The fourth-order valence-electron chi connectivity index (χ4n) is 3.28. The highest BCUT2D eigenvalue weighted by atomic mass is 32.2. The molecule has 2 aromatic rings. The highest BCUT2D eigenvalue weighted by molar-refractivity contribution is 7.89. The van der Waals surface area contributed by atoms with Gasteiger partial charge in [-0.25, -0.2) is 16.8 Å². The maximum atomic E-state index is 13.1. The number of aryl methyl sites for hydroxylation is 2. The van der Waals surface area contributed by atoms with E-state index in [4.69, 9.17) is 0 Å². The van der Waals surface area contributed by atoms with Crippen LogP contribution in [0.1, 0.15) is 18.1 Å². The molecule has 1 saturated heterocycles. The van der Waals surface area contributed by atoms with E-state index in [0.29, 0.717) is 0 Å². The lowest BCUT2D eigenvalue weighted by Crippen LogP contribution is -2.58. The van der Waals surface area contributed by atoms with Gasteiger partial charge < -0.3 is 0 Å². The molecule has 0 amide bonds. The summed E-state index contributed by atoms with van der Waals surface area (Å²) < 4.78 is 54.4. The number of piperazine rings is 1. The Balaban J connectivity index is 1.91. The summed E-state index contributed by atoms with van der Waals surface area (Å²) >= 11 is 0. The molecule has 0 aromatic heterocycles. The average molecular weight is 437 g/mol. The van der Waals surface area contributed by atoms with Crippen molar-refractivity contribution in [2.75, 3.05) is 19.6 Å². The van der Waals surface area contributed by atoms with Crippen LogP contribution in [0, 0.1) is 13.8 Å². The van der Waals surface area contributed by atoms with Crippen molar-refractivity contribution in [1.82, 2.24) is 8.61 Å². The number of hydrogen-bond donors (Lipinski definition) is 0. The predicted octanol–water partition coefficient (Wildman–Crippen LogP) is 1.96. The van der Waals surface area contributed by atoms with E-state index < -0.39 is 31.9 Å². The van der Waals surface area contributed by atoms with Gasteiger partial charge in [0.05, 0.1) is 15.8 Å². The molecule has 2 aromatic carbocycles. The molecular formula is C20H24N2O5S2. The van der Waals surface area contributed by atoms with Gasteiger partial charge in [0.25, 0.3) is 0 Å². The molecule has 0 saturated carbocycles. The van der Waals surface area contributed by atoms with Gasteiger partial charge in [-0.2, -0.15) is 8.61 Å². The van der Waals surface area contributed by atoms with Gasteiger partial charge >= 0.3 is 0 Å². The van der Waals surface area contributed by atoms with Gasteiger partial charge in [-0.15, -0.1) is 0 Å². The number of carbonyl (C=O) groups is 1. The van der Waals surface area contributed by atoms with Crippen LogP contribution in [0.4, 0.5) is 0 Å². The third-order valence-corrected chi connectivity index (χ3v) is 8.85. The summed E-state index contributed by atoms with van der Waals surface area (Å²) in [4.78, 5) is 12.5. The second kappa shape index (κ2) is 7.98. The van der Waals surface area contributed by atoms with Crippen LogP contribution in [-0.4, -0.2) is 56.9 Å². The topological polar surface area (TPSA) is 91.8 Å². The Hall–Kier alpha value is -2.07. The molecular weight excluding hydrogens is 412 g/mol. The molecule has 1 aliphatic heterocycles. The van der Waals surface area contributed by atoms with Gasteiger partial charge in [-0.1, -0.05) is 35.4 Å². The number of carbonyl (C=O) groups excluding carboxylic acids is 1. The van der Waals surface area contributed by atoms with Gasteiger partial charge in [0.1, 0.15) is 5.78 Å². The zero-order valence-electron chi connectivity index (χ0n) is 16.6. The number of benzene rings is 2. The lowest BCUT2D eigenvalue weighted by atomic mass is 10.2. The maximum Gasteiger partial charge on any atom is 0.243 e. The molecule has 1 fully saturated rings.